The van der Waals surface area contributed by atoms with Crippen molar-refractivity contribution in [3.8, 4) is 28.7 Å². The first-order valence-electron chi connectivity index (χ1n) is 21.7. The Morgan fingerprint density at radius 1 is 0.648 bits per heavy atom. The number of nitrogens with zero attached hydrogens (tertiary/aromatic N) is 6. The Kier molecular flexibility index (Phi) is 13.7. The number of halogens is 2. The van der Waals surface area contributed by atoms with Crippen LogP contribution < -0.4 is 27.6 Å². The number of hydrogen-bond acceptors (Lipinski definition) is 13. The minimum atomic E-state index is -3.69. The quantitative estimate of drug-likeness (QED) is 0.115. The van der Waals surface area contributed by atoms with Gasteiger partial charge in [0.15, 0.2) is 11.5 Å². The van der Waals surface area contributed by atoms with Crippen molar-refractivity contribution in [2.45, 2.75) is 32.8 Å². The number of amides is 2. The van der Waals surface area contributed by atoms with Crippen LogP contribution in [-0.2, 0) is 52.8 Å². The first kappa shape index (κ1) is 49.6. The van der Waals surface area contributed by atoms with Crippen molar-refractivity contribution in [2.24, 2.45) is 0 Å². The lowest BCUT2D eigenvalue weighted by Crippen LogP contribution is -2.26. The van der Waals surface area contributed by atoms with E-state index in [1.54, 1.807) is 48.5 Å². The Labute approximate surface area is 408 Å². The summed E-state index contributed by atoms with van der Waals surface area (Å²) >= 11 is 0. The summed E-state index contributed by atoms with van der Waals surface area (Å²) < 4.78 is 102. The zero-order valence-corrected chi connectivity index (χ0v) is 41.2. The third kappa shape index (κ3) is 9.61. The van der Waals surface area contributed by atoms with E-state index in [1.807, 2.05) is 24.3 Å². The molecule has 17 nitrogen and oxygen atoms in total. The number of pyridine rings is 2. The number of methoxy groups -OCH3 is 3. The topological polar surface area (TPSA) is 198 Å². The molecule has 0 saturated carbocycles. The summed E-state index contributed by atoms with van der Waals surface area (Å²) in [5, 5.41) is 11.8. The highest BCUT2D eigenvalue weighted by molar-refractivity contribution is 7.92. The lowest BCUT2D eigenvalue weighted by atomic mass is 10.0. The summed E-state index contributed by atoms with van der Waals surface area (Å²) in [6.07, 6.45) is 5.19. The van der Waals surface area contributed by atoms with Crippen molar-refractivity contribution >= 4 is 65.0 Å². The summed E-state index contributed by atoms with van der Waals surface area (Å²) in [4.78, 5) is 38.8. The summed E-state index contributed by atoms with van der Waals surface area (Å²) in [5.41, 5.74) is 4.33. The number of ether oxygens (including phenoxy) is 4. The minimum absolute atomic E-state index is 0.0118. The number of aromatic hydroxyl groups is 1. The number of phenols is 1. The van der Waals surface area contributed by atoms with Gasteiger partial charge >= 0.3 is 0 Å². The molecule has 4 heterocycles. The van der Waals surface area contributed by atoms with Gasteiger partial charge in [-0.25, -0.2) is 25.6 Å². The first-order valence-corrected chi connectivity index (χ1v) is 25.4. The number of phenolic OH excluding ortho intramolecular Hbond substituents is 1. The average Bonchev–Trinajstić information content (AvgIpc) is 3.85. The van der Waals surface area contributed by atoms with Crippen molar-refractivity contribution in [2.75, 3.05) is 56.5 Å². The van der Waals surface area contributed by atoms with Crippen LogP contribution in [0.4, 0.5) is 20.2 Å². The third-order valence-electron chi connectivity index (χ3n) is 12.3. The van der Waals surface area contributed by atoms with Crippen LogP contribution in [-0.4, -0.2) is 101 Å². The molecule has 0 aliphatic carbocycles. The fourth-order valence-electron chi connectivity index (χ4n) is 8.68. The predicted octanol–water partition coefficient (Wildman–Crippen LogP) is 7.16. The van der Waals surface area contributed by atoms with Crippen molar-refractivity contribution in [1.29, 1.82) is 0 Å². The lowest BCUT2D eigenvalue weighted by molar-refractivity contribution is 0.0755. The van der Waals surface area contributed by atoms with E-state index in [2.05, 4.69) is 9.97 Å². The molecule has 2 aliphatic heterocycles. The van der Waals surface area contributed by atoms with Crippen LogP contribution in [0.5, 0.6) is 28.7 Å². The Morgan fingerprint density at radius 3 is 1.59 bits per heavy atom. The lowest BCUT2D eigenvalue weighted by Gasteiger charge is -2.23. The van der Waals surface area contributed by atoms with E-state index in [4.69, 9.17) is 18.9 Å². The van der Waals surface area contributed by atoms with E-state index >= 15 is 0 Å². The molecule has 0 spiro atoms. The van der Waals surface area contributed by atoms with Crippen LogP contribution in [0.1, 0.15) is 48.5 Å². The van der Waals surface area contributed by atoms with Crippen LogP contribution in [0.25, 0.3) is 21.8 Å². The highest BCUT2D eigenvalue weighted by atomic mass is 32.2. The molecule has 0 bridgehead atoms. The molecule has 2 aliphatic rings. The van der Waals surface area contributed by atoms with Gasteiger partial charge in [0.2, 0.25) is 20.0 Å². The van der Waals surface area contributed by atoms with Gasteiger partial charge in [0.25, 0.3) is 11.8 Å². The van der Waals surface area contributed by atoms with E-state index in [1.165, 1.54) is 74.0 Å². The molecule has 370 valence electrons. The highest BCUT2D eigenvalue weighted by Crippen LogP contribution is 2.47. The van der Waals surface area contributed by atoms with Crippen LogP contribution >= 0.6 is 0 Å². The monoisotopic (exact) mass is 1010 g/mol. The third-order valence-corrected chi connectivity index (χ3v) is 14.6. The average molecular weight is 1010 g/mol. The number of benzene rings is 5. The maximum Gasteiger partial charge on any atom is 0.258 e. The normalized spacial score (nSPS) is 13.2. The molecule has 5 aromatic carbocycles. The van der Waals surface area contributed by atoms with Gasteiger partial charge < -0.3 is 33.9 Å². The van der Waals surface area contributed by atoms with Gasteiger partial charge in [-0.05, 0) is 54.1 Å². The van der Waals surface area contributed by atoms with E-state index in [-0.39, 0.29) is 72.6 Å². The second kappa shape index (κ2) is 19.5. The molecule has 2 amide bonds. The number of carbonyl (C=O) groups excluding carboxylic acids is 2. The number of sulfonamides is 2. The zero-order valence-electron chi connectivity index (χ0n) is 39.6. The summed E-state index contributed by atoms with van der Waals surface area (Å²) in [6.45, 7) is 0.501. The summed E-state index contributed by atoms with van der Waals surface area (Å²) in [5.74, 6) is -0.499. The van der Waals surface area contributed by atoms with Gasteiger partial charge in [0, 0.05) is 97.8 Å². The molecule has 21 heteroatoms. The number of rotatable bonds is 14. The van der Waals surface area contributed by atoms with E-state index in [0.717, 1.165) is 22.4 Å². The van der Waals surface area contributed by atoms with Gasteiger partial charge in [-0.15, -0.1) is 0 Å². The number of hydrogen-bond donors (Lipinski definition) is 1. The molecule has 0 radical (unpaired) electrons. The molecule has 0 saturated heterocycles. The Bertz CT molecular complexity index is 3490. The molecule has 71 heavy (non-hydrogen) atoms. The van der Waals surface area contributed by atoms with Crippen molar-refractivity contribution < 1.29 is 59.3 Å². The molecule has 1 N–H and O–H groups in total. The SMILES string of the molecule is COc1cc(F)ccc1CN1Cc2c(c(O)c3ncccc3c2N(C)S(C)(=O)=O)C1=O.COc1ccc(COc2c3c(c(N(C)S(C)(=O)=O)c4cccnc24)CN(Cc2ccc(F)cc2OC)C3=O)cc1. The summed E-state index contributed by atoms with van der Waals surface area (Å²) in [7, 11) is -0.0860. The smallest absolute Gasteiger partial charge is 0.258 e. The highest BCUT2D eigenvalue weighted by Gasteiger charge is 2.39. The molecule has 2 aromatic heterocycles. The van der Waals surface area contributed by atoms with Crippen molar-refractivity contribution in [3.05, 3.63) is 148 Å². The summed E-state index contributed by atoms with van der Waals surface area (Å²) in [6, 6.07) is 22.2. The molecular weight excluding hydrogens is 963 g/mol. The van der Waals surface area contributed by atoms with Crippen LogP contribution in [0, 0.1) is 11.6 Å². The van der Waals surface area contributed by atoms with Crippen molar-refractivity contribution in [3.63, 3.8) is 0 Å². The van der Waals surface area contributed by atoms with Gasteiger partial charge in [-0.3, -0.25) is 28.2 Å². The molecular formula is C50H48F2N6O11S2. The molecule has 0 atom stereocenters. The largest absolute Gasteiger partial charge is 0.505 e. The molecule has 0 fully saturated rings. The Morgan fingerprint density at radius 2 is 1.11 bits per heavy atom. The first-order chi connectivity index (χ1) is 33.7. The van der Waals surface area contributed by atoms with Gasteiger partial charge in [0.05, 0.1) is 56.3 Å². The second-order valence-corrected chi connectivity index (χ2v) is 20.7. The predicted molar refractivity (Wildman–Crippen MR) is 262 cm³/mol. The van der Waals surface area contributed by atoms with Gasteiger partial charge in [-0.2, -0.15) is 0 Å². The number of anilines is 2. The number of fused-ring (bicyclic) bond motifs is 4. The number of carbonyl (C=O) groups is 2. The molecule has 9 rings (SSSR count). The van der Waals surface area contributed by atoms with Crippen LogP contribution in [0.2, 0.25) is 0 Å². The standard InChI is InChI=1S/C29H28FN3O6S.C21H20FN3O5S/c1-32(40(4,35)36)27-22-6-5-13-31-26(22)28(39-17-18-7-11-21(37-2)12-8-18)25-23(27)16-33(29(25)34)15-19-9-10-20(30)14-24(19)38-3;1-24(31(3,28)29)19-14-5-4-8-23-18(14)20(26)17-15(19)11-25(21(17)27)10-12-6-7-13(22)9-16(12)30-2/h5-14H,15-17H2,1-4H3;4-9,26H,10-11H2,1-3H3. The van der Waals surface area contributed by atoms with Crippen LogP contribution in [0.15, 0.2) is 97.3 Å². The Balaban J connectivity index is 0.000000197. The maximum absolute atomic E-state index is 14.0. The second-order valence-electron chi connectivity index (χ2n) is 16.7. The van der Waals surface area contributed by atoms with E-state index < -0.39 is 37.6 Å². The van der Waals surface area contributed by atoms with Gasteiger partial charge in [-0.1, -0.05) is 24.3 Å². The molecule has 7 aromatic rings. The molecule has 0 unspecified atom stereocenters. The zero-order chi connectivity index (χ0) is 51.1. The fraction of sp³-hybridized carbons (Fsp3) is 0.240. The van der Waals surface area contributed by atoms with E-state index in [0.29, 0.717) is 61.4 Å². The minimum Gasteiger partial charge on any atom is -0.505 e. The van der Waals surface area contributed by atoms with Crippen LogP contribution in [0.3, 0.4) is 0 Å². The number of aromatic nitrogens is 2. The van der Waals surface area contributed by atoms with Gasteiger partial charge in [0.1, 0.15) is 46.5 Å². The van der Waals surface area contributed by atoms with Crippen molar-refractivity contribution in [1.82, 2.24) is 19.8 Å². The Hall–Kier alpha value is -7.78. The fourth-order valence-corrected chi connectivity index (χ4v) is 9.76. The maximum atomic E-state index is 14.0. The van der Waals surface area contributed by atoms with E-state index in [9.17, 15) is 40.3 Å².